The van der Waals surface area contributed by atoms with E-state index in [1.54, 1.807) is 6.92 Å². The molecular weight excluding hydrogens is 337 g/mol. The summed E-state index contributed by atoms with van der Waals surface area (Å²) in [6.45, 7) is 5.12. The highest BCUT2D eigenvalue weighted by Crippen LogP contribution is 2.34. The summed E-state index contributed by atoms with van der Waals surface area (Å²) in [4.78, 5) is 16.3. The molecule has 1 heterocycles. The van der Waals surface area contributed by atoms with Crippen molar-refractivity contribution in [1.82, 2.24) is 9.55 Å². The lowest BCUT2D eigenvalue weighted by molar-refractivity contribution is 0.204. The standard InChI is InChI=1S/C19H22FN3O3/c1-5-23-16(15(11(2)3)18(26-4)22-19(23)25)17(24)14-7-12(9-20)6-13(8-14)10-21/h6-8,11,17,24H,5,9H2,1-4H3. The van der Waals surface area contributed by atoms with Crippen molar-refractivity contribution in [3.63, 3.8) is 0 Å². The predicted octanol–water partition coefficient (Wildman–Crippen LogP) is 2.82. The Morgan fingerprint density at radius 2 is 2.08 bits per heavy atom. The molecule has 0 bridgehead atoms. The van der Waals surface area contributed by atoms with Crippen LogP contribution in [0.2, 0.25) is 0 Å². The number of aliphatic hydroxyl groups excluding tert-OH is 1. The van der Waals surface area contributed by atoms with Gasteiger partial charge in [0.1, 0.15) is 12.8 Å². The molecule has 1 N–H and O–H groups in total. The third kappa shape index (κ3) is 3.60. The average Bonchev–Trinajstić information content (AvgIpc) is 2.65. The minimum absolute atomic E-state index is 0.0831. The van der Waals surface area contributed by atoms with Crippen LogP contribution in [-0.2, 0) is 13.2 Å². The second-order valence-corrected chi connectivity index (χ2v) is 6.21. The number of rotatable bonds is 6. The smallest absolute Gasteiger partial charge is 0.351 e. The van der Waals surface area contributed by atoms with Gasteiger partial charge >= 0.3 is 5.69 Å². The molecule has 0 amide bonds. The van der Waals surface area contributed by atoms with Gasteiger partial charge in [-0.3, -0.25) is 4.57 Å². The highest BCUT2D eigenvalue weighted by Gasteiger charge is 2.26. The number of halogens is 1. The Balaban J connectivity index is 2.80. The minimum atomic E-state index is -1.23. The van der Waals surface area contributed by atoms with Gasteiger partial charge in [-0.1, -0.05) is 19.9 Å². The van der Waals surface area contributed by atoms with E-state index < -0.39 is 18.5 Å². The van der Waals surface area contributed by atoms with Crippen LogP contribution in [0.1, 0.15) is 60.7 Å². The van der Waals surface area contributed by atoms with E-state index in [0.29, 0.717) is 23.4 Å². The summed E-state index contributed by atoms with van der Waals surface area (Å²) >= 11 is 0. The SMILES string of the molecule is CCn1c(C(O)c2cc(C#N)cc(CF)c2)c(C(C)C)c(OC)nc1=O. The second kappa shape index (κ2) is 8.11. The summed E-state index contributed by atoms with van der Waals surface area (Å²) in [5.41, 5.74) is 1.28. The van der Waals surface area contributed by atoms with Crippen LogP contribution in [0.3, 0.4) is 0 Å². The normalized spacial score (nSPS) is 12.1. The van der Waals surface area contributed by atoms with Gasteiger partial charge in [0.15, 0.2) is 0 Å². The Hall–Kier alpha value is -2.72. The molecule has 1 aromatic carbocycles. The van der Waals surface area contributed by atoms with Crippen molar-refractivity contribution in [2.45, 2.75) is 46.0 Å². The van der Waals surface area contributed by atoms with Crippen molar-refractivity contribution in [3.05, 3.63) is 56.6 Å². The van der Waals surface area contributed by atoms with E-state index in [1.165, 1.54) is 29.9 Å². The van der Waals surface area contributed by atoms with Crippen LogP contribution >= 0.6 is 0 Å². The van der Waals surface area contributed by atoms with Gasteiger partial charge in [0.2, 0.25) is 5.88 Å². The lowest BCUT2D eigenvalue weighted by atomic mass is 9.94. The molecule has 0 aliphatic rings. The monoisotopic (exact) mass is 359 g/mol. The second-order valence-electron chi connectivity index (χ2n) is 6.21. The molecular formula is C19H22FN3O3. The van der Waals surface area contributed by atoms with E-state index in [4.69, 9.17) is 10.00 Å². The molecule has 1 unspecified atom stereocenters. The summed E-state index contributed by atoms with van der Waals surface area (Å²) in [7, 11) is 1.41. The fourth-order valence-corrected chi connectivity index (χ4v) is 3.04. The number of benzene rings is 1. The van der Waals surface area contributed by atoms with E-state index in [-0.39, 0.29) is 22.9 Å². The molecule has 2 rings (SSSR count). The Morgan fingerprint density at radius 3 is 2.58 bits per heavy atom. The first kappa shape index (κ1) is 19.6. The fraction of sp³-hybridized carbons (Fsp3) is 0.421. The first-order valence-corrected chi connectivity index (χ1v) is 8.34. The molecule has 138 valence electrons. The summed E-state index contributed by atoms with van der Waals surface area (Å²) in [6, 6.07) is 6.38. The van der Waals surface area contributed by atoms with Crippen LogP contribution in [0.25, 0.3) is 0 Å². The van der Waals surface area contributed by atoms with E-state index in [2.05, 4.69) is 4.98 Å². The van der Waals surface area contributed by atoms with Crippen LogP contribution in [-0.4, -0.2) is 21.8 Å². The van der Waals surface area contributed by atoms with E-state index in [1.807, 2.05) is 19.9 Å². The number of hydrogen-bond donors (Lipinski definition) is 1. The lowest BCUT2D eigenvalue weighted by Crippen LogP contribution is -2.30. The zero-order valence-corrected chi connectivity index (χ0v) is 15.3. The van der Waals surface area contributed by atoms with Gasteiger partial charge in [-0.2, -0.15) is 10.2 Å². The molecule has 0 spiro atoms. The number of methoxy groups -OCH3 is 1. The number of aliphatic hydroxyl groups is 1. The van der Waals surface area contributed by atoms with Crippen molar-refractivity contribution in [3.8, 4) is 11.9 Å². The van der Waals surface area contributed by atoms with Crippen molar-refractivity contribution in [2.75, 3.05) is 7.11 Å². The highest BCUT2D eigenvalue weighted by atomic mass is 19.1. The van der Waals surface area contributed by atoms with Crippen molar-refractivity contribution in [1.29, 1.82) is 5.26 Å². The quantitative estimate of drug-likeness (QED) is 0.857. The molecule has 0 saturated carbocycles. The molecule has 6 nitrogen and oxygen atoms in total. The number of ether oxygens (including phenoxy) is 1. The Kier molecular flexibility index (Phi) is 6.11. The largest absolute Gasteiger partial charge is 0.481 e. The Bertz CT molecular complexity index is 900. The van der Waals surface area contributed by atoms with Gasteiger partial charge in [-0.25, -0.2) is 9.18 Å². The molecule has 0 radical (unpaired) electrons. The molecule has 1 aromatic heterocycles. The average molecular weight is 359 g/mol. The van der Waals surface area contributed by atoms with E-state index >= 15 is 0 Å². The van der Waals surface area contributed by atoms with Gasteiger partial charge in [0, 0.05) is 12.1 Å². The first-order valence-electron chi connectivity index (χ1n) is 8.34. The van der Waals surface area contributed by atoms with Crippen LogP contribution in [0, 0.1) is 11.3 Å². The molecule has 7 heteroatoms. The number of hydrogen-bond acceptors (Lipinski definition) is 5. The van der Waals surface area contributed by atoms with Crippen LogP contribution in [0.4, 0.5) is 4.39 Å². The van der Waals surface area contributed by atoms with Crippen molar-refractivity contribution < 1.29 is 14.2 Å². The van der Waals surface area contributed by atoms with Crippen LogP contribution in [0.15, 0.2) is 23.0 Å². The molecule has 26 heavy (non-hydrogen) atoms. The van der Waals surface area contributed by atoms with Gasteiger partial charge in [-0.15, -0.1) is 0 Å². The number of nitriles is 1. The van der Waals surface area contributed by atoms with Crippen LogP contribution in [0.5, 0.6) is 5.88 Å². The maximum absolute atomic E-state index is 13.1. The highest BCUT2D eigenvalue weighted by molar-refractivity contribution is 5.43. The van der Waals surface area contributed by atoms with Gasteiger partial charge in [-0.05, 0) is 36.1 Å². The topological polar surface area (TPSA) is 88.1 Å². The maximum Gasteiger partial charge on any atom is 0.351 e. The summed E-state index contributed by atoms with van der Waals surface area (Å²) in [6.07, 6.45) is -1.23. The van der Waals surface area contributed by atoms with E-state index in [0.717, 1.165) is 0 Å². The lowest BCUT2D eigenvalue weighted by Gasteiger charge is -2.24. The number of aromatic nitrogens is 2. The molecule has 1 atom stereocenters. The van der Waals surface area contributed by atoms with Crippen LogP contribution < -0.4 is 10.4 Å². The molecule has 2 aromatic rings. The van der Waals surface area contributed by atoms with Crippen molar-refractivity contribution in [2.24, 2.45) is 0 Å². The third-order valence-electron chi connectivity index (χ3n) is 4.19. The molecule has 0 aliphatic heterocycles. The zero-order valence-electron chi connectivity index (χ0n) is 15.3. The first-order chi connectivity index (χ1) is 12.4. The number of alkyl halides is 1. The maximum atomic E-state index is 13.1. The van der Waals surface area contributed by atoms with Gasteiger partial charge in [0.25, 0.3) is 0 Å². The summed E-state index contributed by atoms with van der Waals surface area (Å²) < 4.78 is 19.8. The van der Waals surface area contributed by atoms with Gasteiger partial charge in [0.05, 0.1) is 24.4 Å². The molecule has 0 saturated heterocycles. The molecule has 0 aliphatic carbocycles. The third-order valence-corrected chi connectivity index (χ3v) is 4.19. The molecule has 0 fully saturated rings. The van der Waals surface area contributed by atoms with Gasteiger partial charge < -0.3 is 9.84 Å². The Morgan fingerprint density at radius 1 is 1.38 bits per heavy atom. The fourth-order valence-electron chi connectivity index (χ4n) is 3.04. The summed E-state index contributed by atoms with van der Waals surface area (Å²) in [5, 5.41) is 20.2. The predicted molar refractivity (Wildman–Crippen MR) is 94.8 cm³/mol. The van der Waals surface area contributed by atoms with E-state index in [9.17, 15) is 14.3 Å². The Labute approximate surface area is 151 Å². The number of nitrogens with zero attached hydrogens (tertiary/aromatic N) is 3. The van der Waals surface area contributed by atoms with Crippen molar-refractivity contribution >= 4 is 0 Å². The zero-order chi connectivity index (χ0) is 19.4. The summed E-state index contributed by atoms with van der Waals surface area (Å²) in [5.74, 6) is 0.0752. The minimum Gasteiger partial charge on any atom is -0.481 e.